The normalized spacial score (nSPS) is 11.2. The Hall–Kier alpha value is -0.330. The third kappa shape index (κ3) is 3.50. The number of halogens is 2. The van der Waals surface area contributed by atoms with Crippen LogP contribution < -0.4 is 4.72 Å². The third-order valence-electron chi connectivity index (χ3n) is 1.13. The zero-order valence-corrected chi connectivity index (χ0v) is 9.53. The number of hydrogen-bond acceptors (Lipinski definition) is 3. The van der Waals surface area contributed by atoms with E-state index in [0.29, 0.717) is 5.02 Å². The molecule has 13 heavy (non-hydrogen) atoms. The Morgan fingerprint density at radius 3 is 2.85 bits per heavy atom. The van der Waals surface area contributed by atoms with Gasteiger partial charge in [-0.1, -0.05) is 27.5 Å². The molecular weight excluding hydrogens is 280 g/mol. The van der Waals surface area contributed by atoms with E-state index in [-0.39, 0.29) is 10.5 Å². The van der Waals surface area contributed by atoms with Crippen molar-refractivity contribution in [3.8, 4) is 0 Å². The Morgan fingerprint density at radius 1 is 1.62 bits per heavy atom. The molecule has 0 bridgehead atoms. The molecule has 0 unspecified atom stereocenters. The van der Waals surface area contributed by atoms with Crippen LogP contribution in [0.5, 0.6) is 0 Å². The maximum Gasteiger partial charge on any atom is 0.243 e. The number of rotatable bonds is 3. The maximum absolute atomic E-state index is 11.0. The van der Waals surface area contributed by atoms with Crippen molar-refractivity contribution in [3.63, 3.8) is 0 Å². The Morgan fingerprint density at radius 2 is 2.31 bits per heavy atom. The topological polar surface area (TPSA) is 59.1 Å². The van der Waals surface area contributed by atoms with Crippen LogP contribution in [0.15, 0.2) is 18.3 Å². The SMILES string of the molecule is O=S(=O)(CBr)Nc1cc(Cl)ccn1. The van der Waals surface area contributed by atoms with E-state index in [9.17, 15) is 8.42 Å². The third-order valence-corrected chi connectivity index (χ3v) is 3.98. The van der Waals surface area contributed by atoms with E-state index >= 15 is 0 Å². The smallest absolute Gasteiger partial charge is 0.243 e. The summed E-state index contributed by atoms with van der Waals surface area (Å²) in [5, 5.41) is 0.433. The van der Waals surface area contributed by atoms with Crippen molar-refractivity contribution in [2.45, 2.75) is 0 Å². The quantitative estimate of drug-likeness (QED) is 0.862. The van der Waals surface area contributed by atoms with Crippen LogP contribution in [0.1, 0.15) is 0 Å². The molecule has 1 N–H and O–H groups in total. The maximum atomic E-state index is 11.0. The summed E-state index contributed by atoms with van der Waals surface area (Å²) in [7, 11) is -3.34. The minimum absolute atomic E-state index is 0.172. The number of nitrogens with one attached hydrogen (secondary N) is 1. The van der Waals surface area contributed by atoms with Gasteiger partial charge in [-0.25, -0.2) is 13.4 Å². The standard InChI is InChI=1S/C6H6BrClN2O2S/c7-4-13(11,12)10-6-3-5(8)1-2-9-6/h1-3H,4H2,(H,9,10). The predicted octanol–water partition coefficient (Wildman–Crippen LogP) is 1.83. The first-order chi connectivity index (χ1) is 6.03. The second-order valence-corrected chi connectivity index (χ2v) is 5.65. The highest BCUT2D eigenvalue weighted by Crippen LogP contribution is 2.13. The van der Waals surface area contributed by atoms with Gasteiger partial charge in [-0.2, -0.15) is 0 Å². The molecule has 7 heteroatoms. The van der Waals surface area contributed by atoms with Crippen molar-refractivity contribution in [2.75, 3.05) is 9.38 Å². The van der Waals surface area contributed by atoms with Gasteiger partial charge in [0.15, 0.2) is 0 Å². The average Bonchev–Trinajstić information content (AvgIpc) is 2.03. The summed E-state index contributed by atoms with van der Waals surface area (Å²) in [4.78, 5) is 3.78. The van der Waals surface area contributed by atoms with Crippen LogP contribution in [-0.4, -0.2) is 18.1 Å². The fourth-order valence-electron chi connectivity index (χ4n) is 0.647. The molecule has 1 rings (SSSR count). The fourth-order valence-corrected chi connectivity index (χ4v) is 1.64. The molecule has 0 fully saturated rings. The summed E-state index contributed by atoms with van der Waals surface area (Å²) in [6.45, 7) is 0. The number of pyridine rings is 1. The van der Waals surface area contributed by atoms with Crippen molar-refractivity contribution in [1.29, 1.82) is 0 Å². The van der Waals surface area contributed by atoms with Crippen LogP contribution in [0.25, 0.3) is 0 Å². The van der Waals surface area contributed by atoms with Gasteiger partial charge in [0.1, 0.15) is 10.5 Å². The van der Waals surface area contributed by atoms with Crippen molar-refractivity contribution >= 4 is 43.4 Å². The minimum Gasteiger partial charge on any atom is -0.267 e. The van der Waals surface area contributed by atoms with Crippen LogP contribution in [-0.2, 0) is 10.0 Å². The summed E-state index contributed by atoms with van der Waals surface area (Å²) in [5.74, 6) is 0.215. The molecule has 0 aliphatic rings. The van der Waals surface area contributed by atoms with E-state index in [1.165, 1.54) is 12.3 Å². The molecule has 0 radical (unpaired) electrons. The van der Waals surface area contributed by atoms with Gasteiger partial charge in [-0.3, -0.25) is 4.72 Å². The summed E-state index contributed by atoms with van der Waals surface area (Å²) in [6, 6.07) is 3.00. The van der Waals surface area contributed by atoms with Gasteiger partial charge in [0.25, 0.3) is 0 Å². The number of sulfonamides is 1. The molecule has 1 aromatic heterocycles. The first kappa shape index (κ1) is 10.7. The molecule has 0 aliphatic heterocycles. The van der Waals surface area contributed by atoms with Gasteiger partial charge in [-0.15, -0.1) is 0 Å². The highest BCUT2D eigenvalue weighted by molar-refractivity contribution is 9.10. The van der Waals surface area contributed by atoms with E-state index < -0.39 is 10.0 Å². The van der Waals surface area contributed by atoms with Crippen molar-refractivity contribution in [1.82, 2.24) is 4.98 Å². The molecule has 0 spiro atoms. The molecule has 72 valence electrons. The van der Waals surface area contributed by atoms with Crippen molar-refractivity contribution < 1.29 is 8.42 Å². The van der Waals surface area contributed by atoms with E-state index in [1.807, 2.05) is 0 Å². The molecule has 1 aromatic rings. The summed E-state index contributed by atoms with van der Waals surface area (Å²) >= 11 is 8.47. The average molecular weight is 286 g/mol. The molecule has 0 saturated heterocycles. The van der Waals surface area contributed by atoms with E-state index in [0.717, 1.165) is 0 Å². The minimum atomic E-state index is -3.34. The van der Waals surface area contributed by atoms with Crippen LogP contribution in [0.2, 0.25) is 5.02 Å². The first-order valence-electron chi connectivity index (χ1n) is 3.21. The van der Waals surface area contributed by atoms with Crippen LogP contribution in [0.4, 0.5) is 5.82 Å². The van der Waals surface area contributed by atoms with E-state index in [4.69, 9.17) is 11.6 Å². The van der Waals surface area contributed by atoms with Crippen molar-refractivity contribution in [3.05, 3.63) is 23.4 Å². The summed E-state index contributed by atoms with van der Waals surface area (Å²) in [6.07, 6.45) is 1.43. The Kier molecular flexibility index (Phi) is 3.52. The molecule has 4 nitrogen and oxygen atoms in total. The first-order valence-corrected chi connectivity index (χ1v) is 6.37. The zero-order valence-electron chi connectivity index (χ0n) is 6.37. The highest BCUT2D eigenvalue weighted by Gasteiger charge is 2.08. The molecule has 1 heterocycles. The molecule has 0 saturated carbocycles. The molecule has 0 atom stereocenters. The van der Waals surface area contributed by atoms with E-state index in [1.54, 1.807) is 6.07 Å². The molecule has 0 aliphatic carbocycles. The van der Waals surface area contributed by atoms with E-state index in [2.05, 4.69) is 25.6 Å². The fraction of sp³-hybridized carbons (Fsp3) is 0.167. The molecule has 0 amide bonds. The van der Waals surface area contributed by atoms with Gasteiger partial charge in [0.2, 0.25) is 10.0 Å². The Balaban J connectivity index is 2.87. The lowest BCUT2D eigenvalue weighted by atomic mass is 10.5. The number of nitrogens with zero attached hydrogens (tertiary/aromatic N) is 1. The highest BCUT2D eigenvalue weighted by atomic mass is 79.9. The largest absolute Gasteiger partial charge is 0.267 e. The lowest BCUT2D eigenvalue weighted by molar-refractivity contribution is 0.606. The zero-order chi connectivity index (χ0) is 9.90. The van der Waals surface area contributed by atoms with Gasteiger partial charge in [0, 0.05) is 17.3 Å². The molecular formula is C6H6BrClN2O2S. The lowest BCUT2D eigenvalue weighted by Crippen LogP contribution is -2.13. The van der Waals surface area contributed by atoms with Crippen LogP contribution in [0.3, 0.4) is 0 Å². The Labute approximate surface area is 89.5 Å². The number of alkyl halides is 1. The second-order valence-electron chi connectivity index (χ2n) is 2.19. The number of hydrogen-bond donors (Lipinski definition) is 1. The monoisotopic (exact) mass is 284 g/mol. The molecule has 0 aromatic carbocycles. The second kappa shape index (κ2) is 4.26. The summed E-state index contributed by atoms with van der Waals surface area (Å²) in [5.41, 5.74) is 0. The lowest BCUT2D eigenvalue weighted by Gasteiger charge is -2.03. The van der Waals surface area contributed by atoms with Gasteiger partial charge < -0.3 is 0 Å². The van der Waals surface area contributed by atoms with Gasteiger partial charge in [0.05, 0.1) is 0 Å². The predicted molar refractivity (Wildman–Crippen MR) is 55.6 cm³/mol. The van der Waals surface area contributed by atoms with Crippen molar-refractivity contribution in [2.24, 2.45) is 0 Å². The Bertz CT molecular complexity index is 395. The van der Waals surface area contributed by atoms with Gasteiger partial charge >= 0.3 is 0 Å². The van der Waals surface area contributed by atoms with Crippen LogP contribution in [0, 0.1) is 0 Å². The van der Waals surface area contributed by atoms with Crippen LogP contribution >= 0.6 is 27.5 Å². The number of anilines is 1. The summed E-state index contributed by atoms with van der Waals surface area (Å²) < 4.78 is 24.1. The number of aromatic nitrogens is 1. The van der Waals surface area contributed by atoms with Gasteiger partial charge in [-0.05, 0) is 6.07 Å².